The van der Waals surface area contributed by atoms with Crippen LogP contribution < -0.4 is 0 Å². The Morgan fingerprint density at radius 3 is 2.58 bits per heavy atom. The van der Waals surface area contributed by atoms with Gasteiger partial charge >= 0.3 is 5.97 Å². The van der Waals surface area contributed by atoms with Crippen molar-refractivity contribution in [1.29, 1.82) is 0 Å². The highest BCUT2D eigenvalue weighted by Gasteiger charge is 2.37. The molecule has 0 saturated heterocycles. The first-order valence-electron chi connectivity index (χ1n) is 4.18. The van der Waals surface area contributed by atoms with E-state index in [9.17, 15) is 9.59 Å². The number of aliphatic carboxylic acids is 1. The number of hydrogen-bond donors (Lipinski definition) is 1. The Hall–Kier alpha value is -0.860. The van der Waals surface area contributed by atoms with Crippen molar-refractivity contribution in [2.45, 2.75) is 33.1 Å². The van der Waals surface area contributed by atoms with Gasteiger partial charge in [0.1, 0.15) is 11.7 Å². The molecular weight excluding hydrogens is 156 g/mol. The molecule has 12 heavy (non-hydrogen) atoms. The Kier molecular flexibility index (Phi) is 2.22. The van der Waals surface area contributed by atoms with E-state index in [1.165, 1.54) is 0 Å². The van der Waals surface area contributed by atoms with Gasteiger partial charge in [0.15, 0.2) is 0 Å². The molecule has 1 rings (SSSR count). The molecule has 0 amide bonds. The third-order valence-corrected chi connectivity index (χ3v) is 2.49. The van der Waals surface area contributed by atoms with E-state index in [0.717, 1.165) is 6.42 Å². The van der Waals surface area contributed by atoms with E-state index in [-0.39, 0.29) is 11.2 Å². The molecule has 0 aromatic heterocycles. The van der Waals surface area contributed by atoms with Gasteiger partial charge in [-0.05, 0) is 18.3 Å². The summed E-state index contributed by atoms with van der Waals surface area (Å²) < 4.78 is 0. The molecule has 0 heterocycles. The first kappa shape index (κ1) is 9.23. The number of carboxylic acid groups (broad SMARTS) is 1. The summed E-state index contributed by atoms with van der Waals surface area (Å²) in [6.45, 7) is 4.02. The Morgan fingerprint density at radius 1 is 1.58 bits per heavy atom. The Balaban J connectivity index is 2.72. The van der Waals surface area contributed by atoms with Crippen LogP contribution >= 0.6 is 0 Å². The zero-order valence-electron chi connectivity index (χ0n) is 7.46. The second-order valence-corrected chi connectivity index (χ2v) is 4.23. The zero-order chi connectivity index (χ0) is 9.35. The largest absolute Gasteiger partial charge is 0.481 e. The molecular formula is C9H14O3. The van der Waals surface area contributed by atoms with Crippen molar-refractivity contribution in [3.63, 3.8) is 0 Å². The smallest absolute Gasteiger partial charge is 0.314 e. The quantitative estimate of drug-likeness (QED) is 0.606. The number of carbonyl (C=O) groups is 2. The molecule has 0 aromatic rings. The number of carbonyl (C=O) groups excluding carboxylic acids is 1. The van der Waals surface area contributed by atoms with Crippen LogP contribution in [0.3, 0.4) is 0 Å². The summed E-state index contributed by atoms with van der Waals surface area (Å²) in [5, 5.41) is 8.72. The molecule has 1 saturated carbocycles. The van der Waals surface area contributed by atoms with Gasteiger partial charge in [0.05, 0.1) is 0 Å². The number of hydrogen-bond acceptors (Lipinski definition) is 2. The van der Waals surface area contributed by atoms with E-state index < -0.39 is 11.9 Å². The number of ketones is 1. The van der Waals surface area contributed by atoms with Crippen molar-refractivity contribution in [1.82, 2.24) is 0 Å². The van der Waals surface area contributed by atoms with Gasteiger partial charge in [0, 0.05) is 6.42 Å². The minimum Gasteiger partial charge on any atom is -0.481 e. The Bertz CT molecular complexity index is 218. The van der Waals surface area contributed by atoms with Gasteiger partial charge in [-0.2, -0.15) is 0 Å². The molecule has 3 nitrogen and oxygen atoms in total. The maximum absolute atomic E-state index is 11.1. The van der Waals surface area contributed by atoms with Crippen LogP contribution in [0.15, 0.2) is 0 Å². The summed E-state index contributed by atoms with van der Waals surface area (Å²) in [6.07, 6.45) is 1.72. The van der Waals surface area contributed by atoms with E-state index in [4.69, 9.17) is 5.11 Å². The average molecular weight is 170 g/mol. The fourth-order valence-corrected chi connectivity index (χ4v) is 1.63. The molecule has 1 fully saturated rings. The molecule has 1 atom stereocenters. The average Bonchev–Trinajstić information content (AvgIpc) is 1.94. The normalized spacial score (nSPS) is 28.5. The van der Waals surface area contributed by atoms with E-state index in [1.807, 2.05) is 13.8 Å². The van der Waals surface area contributed by atoms with Crippen molar-refractivity contribution >= 4 is 11.8 Å². The van der Waals surface area contributed by atoms with E-state index >= 15 is 0 Å². The summed E-state index contributed by atoms with van der Waals surface area (Å²) in [5.41, 5.74) is 0.0109. The minimum atomic E-state index is -0.965. The molecule has 1 N–H and O–H groups in total. The lowest BCUT2D eigenvalue weighted by atomic mass is 9.72. The predicted octanol–water partition coefficient (Wildman–Crippen LogP) is 1.47. The third kappa shape index (κ3) is 1.84. The molecule has 0 unspecified atom stereocenters. The first-order valence-corrected chi connectivity index (χ1v) is 4.18. The van der Waals surface area contributed by atoms with Crippen molar-refractivity contribution in [2.75, 3.05) is 0 Å². The summed E-state index contributed by atoms with van der Waals surface area (Å²) in [5.74, 6) is -1.83. The van der Waals surface area contributed by atoms with Gasteiger partial charge in [-0.1, -0.05) is 13.8 Å². The molecule has 0 spiro atoms. The van der Waals surface area contributed by atoms with Crippen molar-refractivity contribution < 1.29 is 14.7 Å². The van der Waals surface area contributed by atoms with E-state index in [0.29, 0.717) is 12.8 Å². The second kappa shape index (κ2) is 2.88. The van der Waals surface area contributed by atoms with E-state index in [1.54, 1.807) is 0 Å². The summed E-state index contributed by atoms with van der Waals surface area (Å²) >= 11 is 0. The lowest BCUT2D eigenvalue weighted by Crippen LogP contribution is -2.34. The molecule has 0 radical (unpaired) electrons. The van der Waals surface area contributed by atoms with Crippen LogP contribution in [0.2, 0.25) is 0 Å². The lowest BCUT2D eigenvalue weighted by molar-refractivity contribution is -0.149. The van der Waals surface area contributed by atoms with Crippen molar-refractivity contribution in [2.24, 2.45) is 11.3 Å². The third-order valence-electron chi connectivity index (χ3n) is 2.49. The second-order valence-electron chi connectivity index (χ2n) is 4.23. The molecule has 0 aromatic carbocycles. The number of rotatable bonds is 1. The topological polar surface area (TPSA) is 54.4 Å². The van der Waals surface area contributed by atoms with Crippen LogP contribution in [-0.4, -0.2) is 16.9 Å². The SMILES string of the molecule is CC1(C)CCC(=O)[C@@H](C(=O)O)C1. The first-order chi connectivity index (χ1) is 5.42. The molecule has 0 bridgehead atoms. The lowest BCUT2D eigenvalue weighted by Gasteiger charge is -2.32. The van der Waals surface area contributed by atoms with Crippen molar-refractivity contribution in [3.8, 4) is 0 Å². The molecule has 0 aliphatic heterocycles. The van der Waals surface area contributed by atoms with Gasteiger partial charge in [-0.15, -0.1) is 0 Å². The molecule has 1 aliphatic carbocycles. The van der Waals surface area contributed by atoms with Crippen LogP contribution in [0.25, 0.3) is 0 Å². The van der Waals surface area contributed by atoms with Crippen LogP contribution in [-0.2, 0) is 9.59 Å². The van der Waals surface area contributed by atoms with Crippen LogP contribution in [0, 0.1) is 11.3 Å². The Morgan fingerprint density at radius 2 is 2.17 bits per heavy atom. The van der Waals surface area contributed by atoms with Gasteiger partial charge in [0.25, 0.3) is 0 Å². The number of carboxylic acids is 1. The van der Waals surface area contributed by atoms with Crippen molar-refractivity contribution in [3.05, 3.63) is 0 Å². The zero-order valence-corrected chi connectivity index (χ0v) is 7.46. The van der Waals surface area contributed by atoms with Gasteiger partial charge < -0.3 is 5.11 Å². The summed E-state index contributed by atoms with van der Waals surface area (Å²) in [6, 6.07) is 0. The van der Waals surface area contributed by atoms with Crippen LogP contribution in [0.1, 0.15) is 33.1 Å². The fourth-order valence-electron chi connectivity index (χ4n) is 1.63. The fraction of sp³-hybridized carbons (Fsp3) is 0.778. The number of Topliss-reactive ketones (excluding diaryl/α,β-unsaturated/α-hetero) is 1. The highest BCUT2D eigenvalue weighted by atomic mass is 16.4. The monoisotopic (exact) mass is 170 g/mol. The minimum absolute atomic E-state index is 0.0109. The molecule has 68 valence electrons. The van der Waals surface area contributed by atoms with E-state index in [2.05, 4.69) is 0 Å². The molecule has 3 heteroatoms. The van der Waals surface area contributed by atoms with Gasteiger partial charge in [-0.25, -0.2) is 0 Å². The maximum Gasteiger partial charge on any atom is 0.314 e. The standard InChI is InChI=1S/C9H14O3/c1-9(2)4-3-7(10)6(5-9)8(11)12/h6H,3-5H2,1-2H3,(H,11,12)/t6-/m0/s1. The van der Waals surface area contributed by atoms with Gasteiger partial charge in [-0.3, -0.25) is 9.59 Å². The van der Waals surface area contributed by atoms with Crippen LogP contribution in [0.5, 0.6) is 0 Å². The summed E-state index contributed by atoms with van der Waals surface area (Å²) in [7, 11) is 0. The van der Waals surface area contributed by atoms with Crippen LogP contribution in [0.4, 0.5) is 0 Å². The maximum atomic E-state index is 11.1. The highest BCUT2D eigenvalue weighted by Crippen LogP contribution is 2.36. The molecule has 1 aliphatic rings. The van der Waals surface area contributed by atoms with Gasteiger partial charge in [0.2, 0.25) is 0 Å². The Labute approximate surface area is 71.8 Å². The highest BCUT2D eigenvalue weighted by molar-refractivity contribution is 5.98. The summed E-state index contributed by atoms with van der Waals surface area (Å²) in [4.78, 5) is 21.8. The predicted molar refractivity (Wildman–Crippen MR) is 43.8 cm³/mol.